The van der Waals surface area contributed by atoms with E-state index in [1.165, 1.54) is 0 Å². The third-order valence-corrected chi connectivity index (χ3v) is 4.51. The van der Waals surface area contributed by atoms with Crippen molar-refractivity contribution in [1.29, 1.82) is 0 Å². The second kappa shape index (κ2) is 5.52. The maximum atomic E-state index is 12.4. The Balaban J connectivity index is 1.49. The molecule has 1 aliphatic rings. The van der Waals surface area contributed by atoms with E-state index in [-0.39, 0.29) is 17.9 Å². The fourth-order valence-electron chi connectivity index (χ4n) is 3.10. The molecular weight excluding hydrogens is 306 g/mol. The maximum absolute atomic E-state index is 12.4. The summed E-state index contributed by atoms with van der Waals surface area (Å²) in [5.41, 5.74) is 1.88. The van der Waals surface area contributed by atoms with Crippen molar-refractivity contribution in [3.05, 3.63) is 54.0 Å². The zero-order chi connectivity index (χ0) is 16.7. The summed E-state index contributed by atoms with van der Waals surface area (Å²) in [7, 11) is 1.76. The summed E-state index contributed by atoms with van der Waals surface area (Å²) in [5, 5.41) is 10.6. The number of hydrogen-bond donors (Lipinski definition) is 2. The van der Waals surface area contributed by atoms with Crippen LogP contribution in [0.15, 0.2) is 42.6 Å². The average molecular weight is 323 g/mol. The highest BCUT2D eigenvalue weighted by Crippen LogP contribution is 2.17. The van der Waals surface area contributed by atoms with Gasteiger partial charge in [0.05, 0.1) is 11.6 Å². The number of rotatable bonds is 3. The summed E-state index contributed by atoms with van der Waals surface area (Å²) in [4.78, 5) is 26.4. The highest BCUT2D eigenvalue weighted by molar-refractivity contribution is 6.04. The van der Waals surface area contributed by atoms with Crippen LogP contribution in [0, 0.1) is 0 Å². The Hall–Kier alpha value is -3.09. The van der Waals surface area contributed by atoms with Crippen LogP contribution >= 0.6 is 0 Å². The lowest BCUT2D eigenvalue weighted by Gasteiger charge is -2.33. The molecule has 0 fully saturated rings. The number of hydrogen-bond acceptors (Lipinski definition) is 3. The summed E-state index contributed by atoms with van der Waals surface area (Å²) in [6.45, 7) is 1.03. The van der Waals surface area contributed by atoms with Gasteiger partial charge in [-0.1, -0.05) is 18.2 Å². The van der Waals surface area contributed by atoms with Crippen molar-refractivity contribution in [2.45, 2.75) is 12.6 Å². The van der Waals surface area contributed by atoms with Crippen LogP contribution in [0.4, 0.5) is 0 Å². The first-order chi connectivity index (χ1) is 11.6. The molecule has 3 aromatic rings. The average Bonchev–Trinajstić information content (AvgIpc) is 3.23. The molecule has 0 saturated heterocycles. The number of likely N-dealkylation sites (N-methyl/N-ethyl adjacent to an activating group) is 1. The number of carbonyl (C=O) groups excluding carboxylic acids is 2. The molecule has 0 radical (unpaired) electrons. The molecule has 0 spiro atoms. The van der Waals surface area contributed by atoms with Gasteiger partial charge in [-0.15, -0.1) is 0 Å². The molecule has 122 valence electrons. The molecule has 1 atom stereocenters. The van der Waals surface area contributed by atoms with Crippen molar-refractivity contribution in [2.75, 3.05) is 13.6 Å². The van der Waals surface area contributed by atoms with Gasteiger partial charge in [0, 0.05) is 31.7 Å². The van der Waals surface area contributed by atoms with Gasteiger partial charge in [-0.2, -0.15) is 5.10 Å². The standard InChI is InChI=1S/C17H17N5O2/c1-21-11(10-22-8-4-7-14(22)17(21)24)9-18-16(23)15-12-5-2-3-6-13(12)19-20-15/h2-8,11H,9-10H2,1H3,(H,18,23)(H,19,20). The van der Waals surface area contributed by atoms with E-state index in [9.17, 15) is 9.59 Å². The van der Waals surface area contributed by atoms with Crippen LogP contribution in [0.2, 0.25) is 0 Å². The summed E-state index contributed by atoms with van der Waals surface area (Å²) in [5.74, 6) is -0.276. The number of fused-ring (bicyclic) bond motifs is 2. The molecule has 1 unspecified atom stereocenters. The minimum absolute atomic E-state index is 0.0317. The minimum atomic E-state index is -0.244. The number of para-hydroxylation sites is 1. The summed E-state index contributed by atoms with van der Waals surface area (Å²) in [6.07, 6.45) is 1.89. The molecule has 0 bridgehead atoms. The van der Waals surface area contributed by atoms with Gasteiger partial charge in [0.15, 0.2) is 5.69 Å². The van der Waals surface area contributed by atoms with Crippen molar-refractivity contribution >= 4 is 22.7 Å². The molecule has 1 aromatic carbocycles. The van der Waals surface area contributed by atoms with Crippen LogP contribution < -0.4 is 5.32 Å². The zero-order valence-corrected chi connectivity index (χ0v) is 13.2. The summed E-state index contributed by atoms with van der Waals surface area (Å²) >= 11 is 0. The summed E-state index contributed by atoms with van der Waals surface area (Å²) in [6, 6.07) is 11.1. The lowest BCUT2D eigenvalue weighted by Crippen LogP contribution is -2.50. The van der Waals surface area contributed by atoms with Crippen molar-refractivity contribution in [1.82, 2.24) is 25.0 Å². The number of aromatic nitrogens is 3. The molecule has 2 amide bonds. The number of H-pyrrole nitrogens is 1. The Morgan fingerprint density at radius 1 is 1.33 bits per heavy atom. The number of nitrogens with zero attached hydrogens (tertiary/aromatic N) is 3. The van der Waals surface area contributed by atoms with E-state index < -0.39 is 0 Å². The van der Waals surface area contributed by atoms with Gasteiger partial charge in [0.1, 0.15) is 5.69 Å². The van der Waals surface area contributed by atoms with Crippen molar-refractivity contribution in [3.63, 3.8) is 0 Å². The van der Waals surface area contributed by atoms with Crippen LogP contribution in [0.25, 0.3) is 10.9 Å². The summed E-state index contributed by atoms with van der Waals surface area (Å²) < 4.78 is 1.92. The monoisotopic (exact) mass is 323 g/mol. The fraction of sp³-hybridized carbons (Fsp3) is 0.235. The number of carbonyl (C=O) groups is 2. The second-order valence-corrected chi connectivity index (χ2v) is 5.94. The quantitative estimate of drug-likeness (QED) is 0.761. The smallest absolute Gasteiger partial charge is 0.272 e. The first-order valence-electron chi connectivity index (χ1n) is 7.79. The molecule has 1 aliphatic heterocycles. The third-order valence-electron chi connectivity index (χ3n) is 4.51. The first kappa shape index (κ1) is 14.5. The third kappa shape index (κ3) is 2.25. The normalized spacial score (nSPS) is 17.1. The van der Waals surface area contributed by atoms with Gasteiger partial charge in [-0.05, 0) is 18.2 Å². The Labute approximate surface area is 138 Å². The van der Waals surface area contributed by atoms with Crippen molar-refractivity contribution < 1.29 is 9.59 Å². The van der Waals surface area contributed by atoms with E-state index >= 15 is 0 Å². The van der Waals surface area contributed by atoms with Gasteiger partial charge in [-0.25, -0.2) is 0 Å². The molecule has 2 N–H and O–H groups in total. The Morgan fingerprint density at radius 2 is 2.17 bits per heavy atom. The maximum Gasteiger partial charge on any atom is 0.272 e. The van der Waals surface area contributed by atoms with E-state index in [2.05, 4.69) is 15.5 Å². The Kier molecular flexibility index (Phi) is 3.34. The van der Waals surface area contributed by atoms with Crippen LogP contribution in [0.1, 0.15) is 21.0 Å². The van der Waals surface area contributed by atoms with E-state index in [0.717, 1.165) is 10.9 Å². The minimum Gasteiger partial charge on any atom is -0.348 e. The van der Waals surface area contributed by atoms with Crippen LogP contribution in [-0.4, -0.2) is 51.1 Å². The van der Waals surface area contributed by atoms with Crippen molar-refractivity contribution in [2.24, 2.45) is 0 Å². The van der Waals surface area contributed by atoms with Gasteiger partial charge < -0.3 is 14.8 Å². The van der Waals surface area contributed by atoms with Gasteiger partial charge in [0.25, 0.3) is 11.8 Å². The SMILES string of the molecule is CN1C(=O)c2cccn2CC1CNC(=O)c1n[nH]c2ccccc12. The molecular formula is C17H17N5O2. The second-order valence-electron chi connectivity index (χ2n) is 5.94. The lowest BCUT2D eigenvalue weighted by atomic mass is 10.1. The van der Waals surface area contributed by atoms with E-state index in [4.69, 9.17) is 0 Å². The highest BCUT2D eigenvalue weighted by atomic mass is 16.2. The van der Waals surface area contributed by atoms with Gasteiger partial charge >= 0.3 is 0 Å². The fourth-order valence-corrected chi connectivity index (χ4v) is 3.10. The molecule has 3 heterocycles. The Morgan fingerprint density at radius 3 is 3.04 bits per heavy atom. The molecule has 0 aliphatic carbocycles. The number of nitrogens with one attached hydrogen (secondary N) is 2. The van der Waals surface area contributed by atoms with Crippen LogP contribution in [-0.2, 0) is 6.54 Å². The molecule has 4 rings (SSSR count). The van der Waals surface area contributed by atoms with E-state index in [1.807, 2.05) is 47.2 Å². The number of aromatic amines is 1. The molecule has 2 aromatic heterocycles. The largest absolute Gasteiger partial charge is 0.348 e. The number of amides is 2. The zero-order valence-electron chi connectivity index (χ0n) is 13.2. The molecule has 7 nitrogen and oxygen atoms in total. The number of benzene rings is 1. The molecule has 0 saturated carbocycles. The molecule has 7 heteroatoms. The van der Waals surface area contributed by atoms with Crippen molar-refractivity contribution in [3.8, 4) is 0 Å². The van der Waals surface area contributed by atoms with Crippen LogP contribution in [0.5, 0.6) is 0 Å². The van der Waals surface area contributed by atoms with Gasteiger partial charge in [-0.3, -0.25) is 14.7 Å². The molecule has 24 heavy (non-hydrogen) atoms. The van der Waals surface area contributed by atoms with E-state index in [1.54, 1.807) is 11.9 Å². The van der Waals surface area contributed by atoms with Gasteiger partial charge in [0.2, 0.25) is 0 Å². The van der Waals surface area contributed by atoms with Crippen LogP contribution in [0.3, 0.4) is 0 Å². The first-order valence-corrected chi connectivity index (χ1v) is 7.79. The highest BCUT2D eigenvalue weighted by Gasteiger charge is 2.29. The predicted molar refractivity (Wildman–Crippen MR) is 88.7 cm³/mol. The Bertz CT molecular complexity index is 926. The van der Waals surface area contributed by atoms with E-state index in [0.29, 0.717) is 24.5 Å². The topological polar surface area (TPSA) is 83.0 Å². The predicted octanol–water partition coefficient (Wildman–Crippen LogP) is 1.25. The lowest BCUT2D eigenvalue weighted by molar-refractivity contribution is 0.0645.